The summed E-state index contributed by atoms with van der Waals surface area (Å²) in [5, 5.41) is 8.88. The number of fused-ring (bicyclic) bond motifs is 10. The highest BCUT2D eigenvalue weighted by Gasteiger charge is 2.22. The number of hydrogen-bond donors (Lipinski definition) is 0. The van der Waals surface area contributed by atoms with Gasteiger partial charge in [-0.1, -0.05) is 140 Å². The summed E-state index contributed by atoms with van der Waals surface area (Å²) in [5.74, 6) is 1.60. The molecule has 4 aromatic heterocycles. The quantitative estimate of drug-likeness (QED) is 0.174. The molecule has 4 heterocycles. The minimum atomic E-state index is 0.508. The van der Waals surface area contributed by atoms with E-state index in [1.807, 2.05) is 42.5 Å². The fourth-order valence-electron chi connectivity index (χ4n) is 9.10. The van der Waals surface area contributed by atoms with Gasteiger partial charge in [0.15, 0.2) is 17.5 Å². The first-order chi connectivity index (χ1) is 30.2. The molecule has 0 saturated heterocycles. The number of benzene rings is 9. The van der Waals surface area contributed by atoms with Crippen LogP contribution in [0.4, 0.5) is 0 Å². The number of nitrogens with zero attached hydrogens (tertiary/aromatic N) is 4. The summed E-state index contributed by atoms with van der Waals surface area (Å²) < 4.78 is 15.5. The summed E-state index contributed by atoms with van der Waals surface area (Å²) in [7, 11) is 0. The van der Waals surface area contributed by atoms with Crippen molar-refractivity contribution >= 4 is 76.5 Å². The van der Waals surface area contributed by atoms with E-state index in [1.54, 1.807) is 0 Å². The second-order valence-electron chi connectivity index (χ2n) is 15.6. The van der Waals surface area contributed by atoms with Crippen molar-refractivity contribution in [2.24, 2.45) is 0 Å². The zero-order valence-corrected chi connectivity index (χ0v) is 32.6. The lowest BCUT2D eigenvalue weighted by atomic mass is 10.0. The molecule has 284 valence electrons. The summed E-state index contributed by atoms with van der Waals surface area (Å²) in [4.78, 5) is 15.8. The van der Waals surface area contributed by atoms with Gasteiger partial charge in [0.1, 0.15) is 22.3 Å². The molecule has 61 heavy (non-hydrogen) atoms. The lowest BCUT2D eigenvalue weighted by Gasteiger charge is -2.13. The first-order valence-corrected chi connectivity index (χ1v) is 20.4. The third-order valence-corrected chi connectivity index (χ3v) is 12.0. The molecule has 0 spiro atoms. The van der Waals surface area contributed by atoms with Crippen LogP contribution in [0, 0.1) is 0 Å². The Labute approximate surface area is 348 Å². The van der Waals surface area contributed by atoms with E-state index >= 15 is 0 Å². The Bertz CT molecular complexity index is 3880. The van der Waals surface area contributed by atoms with Gasteiger partial charge in [0.25, 0.3) is 0 Å². The summed E-state index contributed by atoms with van der Waals surface area (Å²) in [6.45, 7) is 0. The van der Waals surface area contributed by atoms with Gasteiger partial charge in [-0.15, -0.1) is 0 Å². The Hall–Kier alpha value is -8.35. The van der Waals surface area contributed by atoms with E-state index in [-0.39, 0.29) is 0 Å². The molecule has 0 radical (unpaired) electrons. The standard InChI is InChI=1S/C55H32N4O2/c1-2-12-33(13-3-1)34-22-24-35(25-23-34)53-56-54(38-26-27-43-41-17-7-10-20-49(41)60-51(43)30-38)58-55(57-53)46-32-39(31-45-42-18-8-11-21-50(42)61-52(45)46)59-47-19-9-6-16-40(47)44-28-36-14-4-5-15-37(36)29-48(44)59/h1-32H. The maximum atomic E-state index is 6.77. The maximum absolute atomic E-state index is 6.77. The predicted molar refractivity (Wildman–Crippen MR) is 248 cm³/mol. The van der Waals surface area contributed by atoms with Crippen LogP contribution in [0.25, 0.3) is 127 Å². The lowest BCUT2D eigenvalue weighted by molar-refractivity contribution is 0.668. The fraction of sp³-hybridized carbons (Fsp3) is 0. The molecular formula is C55H32N4O2. The van der Waals surface area contributed by atoms with Crippen molar-refractivity contribution in [1.29, 1.82) is 0 Å². The second kappa shape index (κ2) is 13.1. The van der Waals surface area contributed by atoms with E-state index in [2.05, 4.69) is 156 Å². The number of para-hydroxylation sites is 3. The van der Waals surface area contributed by atoms with Crippen molar-refractivity contribution < 1.29 is 8.83 Å². The van der Waals surface area contributed by atoms with Crippen LogP contribution in [-0.2, 0) is 0 Å². The maximum Gasteiger partial charge on any atom is 0.167 e. The molecule has 0 aliphatic heterocycles. The van der Waals surface area contributed by atoms with Gasteiger partial charge in [0, 0.05) is 49.1 Å². The molecule has 0 N–H and O–H groups in total. The molecule has 6 heteroatoms. The Kier molecular flexibility index (Phi) is 7.21. The largest absolute Gasteiger partial charge is 0.456 e. The third-order valence-electron chi connectivity index (χ3n) is 12.0. The van der Waals surface area contributed by atoms with Crippen LogP contribution in [0.1, 0.15) is 0 Å². The average Bonchev–Trinajstić information content (AvgIpc) is 4.00. The molecular weight excluding hydrogens is 749 g/mol. The van der Waals surface area contributed by atoms with Crippen molar-refractivity contribution in [2.45, 2.75) is 0 Å². The molecule has 6 nitrogen and oxygen atoms in total. The highest BCUT2D eigenvalue weighted by Crippen LogP contribution is 2.42. The highest BCUT2D eigenvalue weighted by molar-refractivity contribution is 6.15. The van der Waals surface area contributed by atoms with Crippen molar-refractivity contribution in [1.82, 2.24) is 19.5 Å². The van der Waals surface area contributed by atoms with Crippen LogP contribution in [0.2, 0.25) is 0 Å². The zero-order valence-electron chi connectivity index (χ0n) is 32.6. The van der Waals surface area contributed by atoms with E-state index in [9.17, 15) is 0 Å². The van der Waals surface area contributed by atoms with E-state index in [1.165, 1.54) is 21.5 Å². The molecule has 0 aliphatic rings. The predicted octanol–water partition coefficient (Wildman–Crippen LogP) is 14.6. The number of aromatic nitrogens is 4. The van der Waals surface area contributed by atoms with E-state index in [0.717, 1.165) is 82.8 Å². The van der Waals surface area contributed by atoms with Crippen molar-refractivity contribution in [3.8, 4) is 51.0 Å². The first-order valence-electron chi connectivity index (χ1n) is 20.4. The molecule has 9 aromatic carbocycles. The Balaban J connectivity index is 1.08. The number of rotatable bonds is 5. The second-order valence-corrected chi connectivity index (χ2v) is 15.6. The lowest BCUT2D eigenvalue weighted by Crippen LogP contribution is -2.01. The van der Waals surface area contributed by atoms with Crippen molar-refractivity contribution in [2.75, 3.05) is 0 Å². The molecule has 0 unspecified atom stereocenters. The normalized spacial score (nSPS) is 11.9. The summed E-state index contributed by atoms with van der Waals surface area (Å²) in [6, 6.07) is 67.5. The molecule has 0 amide bonds. The Morgan fingerprint density at radius 2 is 0.902 bits per heavy atom. The third kappa shape index (κ3) is 5.32. The van der Waals surface area contributed by atoms with Crippen LogP contribution in [0.3, 0.4) is 0 Å². The molecule has 0 bridgehead atoms. The topological polar surface area (TPSA) is 69.9 Å². The van der Waals surface area contributed by atoms with Gasteiger partial charge < -0.3 is 13.4 Å². The molecule has 0 saturated carbocycles. The first kappa shape index (κ1) is 33.6. The van der Waals surface area contributed by atoms with Gasteiger partial charge >= 0.3 is 0 Å². The number of furan rings is 2. The van der Waals surface area contributed by atoms with Crippen LogP contribution in [0.5, 0.6) is 0 Å². The smallest absolute Gasteiger partial charge is 0.167 e. The summed E-state index contributed by atoms with van der Waals surface area (Å²) >= 11 is 0. The van der Waals surface area contributed by atoms with Gasteiger partial charge in [-0.05, 0) is 76.5 Å². The monoisotopic (exact) mass is 780 g/mol. The van der Waals surface area contributed by atoms with Crippen LogP contribution in [-0.4, -0.2) is 19.5 Å². The SMILES string of the molecule is c1ccc(-c2ccc(-c3nc(-c4ccc5c(c4)oc4ccccc45)nc(-c4cc(-n5c6ccccc6c6cc7ccccc7cc65)cc5c4oc4ccccc45)n3)cc2)cc1. The zero-order chi connectivity index (χ0) is 40.0. The molecule has 0 fully saturated rings. The highest BCUT2D eigenvalue weighted by atomic mass is 16.3. The van der Waals surface area contributed by atoms with Gasteiger partial charge in [-0.2, -0.15) is 0 Å². The Morgan fingerprint density at radius 3 is 1.70 bits per heavy atom. The van der Waals surface area contributed by atoms with Gasteiger partial charge in [0.05, 0.1) is 16.6 Å². The fourth-order valence-corrected chi connectivity index (χ4v) is 9.10. The molecule has 13 rings (SSSR count). The van der Waals surface area contributed by atoms with E-state index in [4.69, 9.17) is 23.8 Å². The minimum Gasteiger partial charge on any atom is -0.456 e. The van der Waals surface area contributed by atoms with Crippen molar-refractivity contribution in [3.05, 3.63) is 194 Å². The van der Waals surface area contributed by atoms with Crippen molar-refractivity contribution in [3.63, 3.8) is 0 Å². The van der Waals surface area contributed by atoms with Gasteiger partial charge in [0.2, 0.25) is 0 Å². The van der Waals surface area contributed by atoms with Crippen LogP contribution < -0.4 is 0 Å². The summed E-state index contributed by atoms with van der Waals surface area (Å²) in [6.07, 6.45) is 0. The van der Waals surface area contributed by atoms with E-state index < -0.39 is 0 Å². The van der Waals surface area contributed by atoms with Crippen LogP contribution in [0.15, 0.2) is 203 Å². The molecule has 13 aromatic rings. The van der Waals surface area contributed by atoms with Gasteiger partial charge in [-0.3, -0.25) is 0 Å². The molecule has 0 atom stereocenters. The Morgan fingerprint density at radius 1 is 0.328 bits per heavy atom. The van der Waals surface area contributed by atoms with Crippen LogP contribution >= 0.6 is 0 Å². The number of hydrogen-bond acceptors (Lipinski definition) is 5. The molecule has 0 aliphatic carbocycles. The van der Waals surface area contributed by atoms with Gasteiger partial charge in [-0.25, -0.2) is 15.0 Å². The minimum absolute atomic E-state index is 0.508. The van der Waals surface area contributed by atoms with E-state index in [0.29, 0.717) is 23.1 Å². The summed E-state index contributed by atoms with van der Waals surface area (Å²) in [5.41, 5.74) is 11.1. The average molecular weight is 781 g/mol.